The minimum atomic E-state index is -0.616. The number of aromatic hydroxyl groups is 1. The normalized spacial score (nSPS) is 16.3. The Morgan fingerprint density at radius 2 is 2.00 bits per heavy atom. The molecule has 0 unspecified atom stereocenters. The summed E-state index contributed by atoms with van der Waals surface area (Å²) in [5.74, 6) is 5.02. The molecule has 3 heteroatoms. The van der Waals surface area contributed by atoms with Gasteiger partial charge in [0.2, 0.25) is 0 Å². The Kier molecular flexibility index (Phi) is 4.00. The van der Waals surface area contributed by atoms with E-state index in [0.717, 1.165) is 19.6 Å². The zero-order valence-corrected chi connectivity index (χ0v) is 9.75. The summed E-state index contributed by atoms with van der Waals surface area (Å²) >= 11 is 0. The Balaban J connectivity index is 1.93. The Morgan fingerprint density at radius 3 is 2.71 bits per heavy atom. The van der Waals surface area contributed by atoms with Gasteiger partial charge >= 0.3 is 0 Å². The first-order valence-electron chi connectivity index (χ1n) is 5.95. The molecule has 0 radical (unpaired) electrons. The van der Waals surface area contributed by atoms with Crippen LogP contribution in [-0.4, -0.2) is 29.6 Å². The molecule has 0 saturated carbocycles. The lowest BCUT2D eigenvalue weighted by atomic mass is 10.1. The summed E-state index contributed by atoms with van der Waals surface area (Å²) in [5.41, 5.74) is 0.609. The number of likely N-dealkylation sites (tertiary alicyclic amines) is 1. The van der Waals surface area contributed by atoms with Crippen molar-refractivity contribution in [2.75, 3.05) is 19.6 Å². The summed E-state index contributed by atoms with van der Waals surface area (Å²) in [6.45, 7) is 2.96. The van der Waals surface area contributed by atoms with Crippen molar-refractivity contribution in [2.24, 2.45) is 0 Å². The van der Waals surface area contributed by atoms with Crippen molar-refractivity contribution in [3.8, 4) is 17.6 Å². The number of hydrogen-bond acceptors (Lipinski definition) is 2. The predicted octanol–water partition coefficient (Wildman–Crippen LogP) is 2.37. The smallest absolute Gasteiger partial charge is 0.166 e. The molecule has 1 fully saturated rings. The molecule has 90 valence electrons. The number of nitrogens with zero attached hydrogens (tertiary/aromatic N) is 1. The molecule has 0 bridgehead atoms. The zero-order valence-electron chi connectivity index (χ0n) is 9.75. The van der Waals surface area contributed by atoms with Crippen LogP contribution in [-0.2, 0) is 0 Å². The highest BCUT2D eigenvalue weighted by Crippen LogP contribution is 2.15. The van der Waals surface area contributed by atoms with Crippen LogP contribution in [0.3, 0.4) is 0 Å². The van der Waals surface area contributed by atoms with Gasteiger partial charge in [-0.05, 0) is 44.1 Å². The maximum atomic E-state index is 13.0. The number of hydrogen-bond donors (Lipinski definition) is 1. The molecular weight excluding hydrogens is 217 g/mol. The fourth-order valence-electron chi connectivity index (χ4n) is 1.96. The van der Waals surface area contributed by atoms with Crippen LogP contribution in [0.25, 0.3) is 0 Å². The number of benzene rings is 1. The largest absolute Gasteiger partial charge is 0.505 e. The quantitative estimate of drug-likeness (QED) is 0.753. The van der Waals surface area contributed by atoms with E-state index in [9.17, 15) is 4.39 Å². The second-order valence-corrected chi connectivity index (χ2v) is 4.30. The summed E-state index contributed by atoms with van der Waals surface area (Å²) < 4.78 is 13.0. The minimum absolute atomic E-state index is 0.327. The van der Waals surface area contributed by atoms with Crippen LogP contribution >= 0.6 is 0 Å². The maximum Gasteiger partial charge on any atom is 0.166 e. The number of piperidine rings is 1. The summed E-state index contributed by atoms with van der Waals surface area (Å²) in [7, 11) is 0. The van der Waals surface area contributed by atoms with Gasteiger partial charge in [0.05, 0.1) is 6.54 Å². The molecule has 17 heavy (non-hydrogen) atoms. The Bertz CT molecular complexity index is 441. The minimum Gasteiger partial charge on any atom is -0.505 e. The third kappa shape index (κ3) is 3.47. The van der Waals surface area contributed by atoms with E-state index in [2.05, 4.69) is 16.7 Å². The average Bonchev–Trinajstić information content (AvgIpc) is 2.35. The van der Waals surface area contributed by atoms with Gasteiger partial charge in [0, 0.05) is 5.56 Å². The number of phenolic OH excluding ortho intramolecular Hbond substituents is 1. The van der Waals surface area contributed by atoms with E-state index >= 15 is 0 Å². The molecule has 0 spiro atoms. The Labute approximate surface area is 101 Å². The molecule has 1 N–H and O–H groups in total. The monoisotopic (exact) mass is 233 g/mol. The van der Waals surface area contributed by atoms with Crippen molar-refractivity contribution < 1.29 is 9.50 Å². The van der Waals surface area contributed by atoms with Gasteiger partial charge in [-0.25, -0.2) is 4.39 Å². The van der Waals surface area contributed by atoms with Gasteiger partial charge in [-0.1, -0.05) is 18.3 Å². The summed E-state index contributed by atoms with van der Waals surface area (Å²) in [4.78, 5) is 2.31. The van der Waals surface area contributed by atoms with Gasteiger partial charge in [-0.2, -0.15) is 0 Å². The van der Waals surface area contributed by atoms with Crippen molar-refractivity contribution in [3.05, 3.63) is 29.6 Å². The third-order valence-electron chi connectivity index (χ3n) is 2.93. The Morgan fingerprint density at radius 1 is 1.24 bits per heavy atom. The zero-order chi connectivity index (χ0) is 12.1. The van der Waals surface area contributed by atoms with E-state index in [1.807, 2.05) is 0 Å². The lowest BCUT2D eigenvalue weighted by Crippen LogP contribution is -2.29. The molecule has 1 aromatic rings. The fraction of sp³-hybridized carbons (Fsp3) is 0.429. The second kappa shape index (κ2) is 5.70. The standard InChI is InChI=1S/C14H16FNO/c15-13-11-12(6-7-14(13)17)5-4-10-16-8-2-1-3-9-16/h6-7,11,17H,1-3,8-10H2. The van der Waals surface area contributed by atoms with Crippen LogP contribution in [0.1, 0.15) is 24.8 Å². The van der Waals surface area contributed by atoms with Crippen LogP contribution < -0.4 is 0 Å². The molecule has 1 heterocycles. The average molecular weight is 233 g/mol. The highest BCUT2D eigenvalue weighted by molar-refractivity contribution is 5.38. The van der Waals surface area contributed by atoms with Gasteiger partial charge in [0.25, 0.3) is 0 Å². The molecule has 0 atom stereocenters. The van der Waals surface area contributed by atoms with Gasteiger partial charge < -0.3 is 5.11 Å². The second-order valence-electron chi connectivity index (χ2n) is 4.30. The topological polar surface area (TPSA) is 23.5 Å². The molecule has 0 aromatic heterocycles. The number of phenols is 1. The van der Waals surface area contributed by atoms with E-state index in [-0.39, 0.29) is 5.75 Å². The van der Waals surface area contributed by atoms with Crippen molar-refractivity contribution in [3.63, 3.8) is 0 Å². The maximum absolute atomic E-state index is 13.0. The Hall–Kier alpha value is -1.53. The highest BCUT2D eigenvalue weighted by Gasteiger charge is 2.07. The summed E-state index contributed by atoms with van der Waals surface area (Å²) in [6.07, 6.45) is 3.80. The highest BCUT2D eigenvalue weighted by atomic mass is 19.1. The molecule has 1 aliphatic rings. The van der Waals surface area contributed by atoms with Crippen molar-refractivity contribution in [1.29, 1.82) is 0 Å². The lowest BCUT2D eigenvalue weighted by molar-refractivity contribution is 0.255. The van der Waals surface area contributed by atoms with E-state index in [1.165, 1.54) is 31.4 Å². The van der Waals surface area contributed by atoms with Crippen molar-refractivity contribution >= 4 is 0 Å². The van der Waals surface area contributed by atoms with E-state index < -0.39 is 5.82 Å². The first kappa shape index (κ1) is 11.9. The molecule has 1 aromatic carbocycles. The van der Waals surface area contributed by atoms with Gasteiger partial charge in [0.15, 0.2) is 11.6 Å². The van der Waals surface area contributed by atoms with Crippen LogP contribution in [0.2, 0.25) is 0 Å². The molecule has 2 nitrogen and oxygen atoms in total. The molecule has 1 saturated heterocycles. The van der Waals surface area contributed by atoms with Crippen LogP contribution in [0.4, 0.5) is 4.39 Å². The van der Waals surface area contributed by atoms with Crippen LogP contribution in [0.15, 0.2) is 18.2 Å². The predicted molar refractivity (Wildman–Crippen MR) is 65.2 cm³/mol. The molecule has 0 aliphatic carbocycles. The third-order valence-corrected chi connectivity index (χ3v) is 2.93. The van der Waals surface area contributed by atoms with E-state index in [0.29, 0.717) is 5.56 Å². The van der Waals surface area contributed by atoms with Crippen molar-refractivity contribution in [1.82, 2.24) is 4.90 Å². The van der Waals surface area contributed by atoms with Gasteiger partial charge in [0.1, 0.15) is 0 Å². The van der Waals surface area contributed by atoms with Crippen LogP contribution in [0, 0.1) is 17.7 Å². The lowest BCUT2D eigenvalue weighted by Gasteiger charge is -2.23. The molecule has 1 aliphatic heterocycles. The number of halogens is 1. The van der Waals surface area contributed by atoms with Gasteiger partial charge in [-0.3, -0.25) is 4.90 Å². The van der Waals surface area contributed by atoms with E-state index in [4.69, 9.17) is 5.11 Å². The SMILES string of the molecule is Oc1ccc(C#CCN2CCCCC2)cc1F. The number of rotatable bonds is 1. The molecule has 0 amide bonds. The van der Waals surface area contributed by atoms with Crippen molar-refractivity contribution in [2.45, 2.75) is 19.3 Å². The van der Waals surface area contributed by atoms with Gasteiger partial charge in [-0.15, -0.1) is 0 Å². The van der Waals surface area contributed by atoms with Crippen LogP contribution in [0.5, 0.6) is 5.75 Å². The molecular formula is C14H16FNO. The molecule has 2 rings (SSSR count). The fourth-order valence-corrected chi connectivity index (χ4v) is 1.96. The summed E-state index contributed by atoms with van der Waals surface area (Å²) in [6, 6.07) is 4.22. The first-order valence-corrected chi connectivity index (χ1v) is 5.95. The first-order chi connectivity index (χ1) is 8.25. The van der Waals surface area contributed by atoms with E-state index in [1.54, 1.807) is 6.07 Å². The summed E-state index contributed by atoms with van der Waals surface area (Å²) in [5, 5.41) is 9.04.